The highest BCUT2D eigenvalue weighted by molar-refractivity contribution is 5.92. The van der Waals surface area contributed by atoms with E-state index in [1.807, 2.05) is 0 Å². The fraction of sp³-hybridized carbons (Fsp3) is 0.250. The van der Waals surface area contributed by atoms with Crippen molar-refractivity contribution in [3.05, 3.63) is 29.3 Å². The molecule has 1 heterocycles. The van der Waals surface area contributed by atoms with Crippen LogP contribution in [0, 0.1) is 0 Å². The number of esters is 1. The smallest absolute Gasteiger partial charge is 0.392 e. The van der Waals surface area contributed by atoms with Gasteiger partial charge in [0.15, 0.2) is 0 Å². The second-order valence-corrected chi connectivity index (χ2v) is 3.78. The number of hydrogen-bond donors (Lipinski definition) is 1. The molecule has 1 N–H and O–H groups in total. The molecule has 17 heavy (non-hydrogen) atoms. The monoisotopic (exact) mass is 234 g/mol. The van der Waals surface area contributed by atoms with Gasteiger partial charge in [-0.15, -0.1) is 0 Å². The fourth-order valence-corrected chi connectivity index (χ4v) is 1.91. The molecule has 0 fully saturated rings. The maximum Gasteiger partial charge on any atom is 0.392 e. The third-order valence-corrected chi connectivity index (χ3v) is 2.67. The Morgan fingerprint density at radius 3 is 2.71 bits per heavy atom. The Morgan fingerprint density at radius 1 is 1.41 bits per heavy atom. The predicted octanol–water partition coefficient (Wildman–Crippen LogP) is 1.18. The number of aliphatic hydroxyl groups excluding tert-OH is 1. The summed E-state index contributed by atoms with van der Waals surface area (Å²) in [5, 5.41) is 9.67. The molecule has 0 aliphatic carbocycles. The van der Waals surface area contributed by atoms with Crippen LogP contribution in [0.15, 0.2) is 18.2 Å². The van der Waals surface area contributed by atoms with Gasteiger partial charge in [-0.2, -0.15) is 0 Å². The molecule has 1 aromatic carbocycles. The van der Waals surface area contributed by atoms with E-state index in [4.69, 9.17) is 0 Å². The maximum atomic E-state index is 11.4. The second kappa shape index (κ2) is 4.01. The topological polar surface area (TPSA) is 66.6 Å². The molecule has 0 atom stereocenters. The predicted molar refractivity (Wildman–Crippen MR) is 59.7 cm³/mol. The first-order chi connectivity index (χ1) is 8.04. The molecule has 5 nitrogen and oxygen atoms in total. The summed E-state index contributed by atoms with van der Waals surface area (Å²) >= 11 is 0. The summed E-state index contributed by atoms with van der Waals surface area (Å²) in [6.45, 7) is 1.36. The fourth-order valence-electron chi connectivity index (χ4n) is 1.91. The van der Waals surface area contributed by atoms with Crippen LogP contribution in [-0.2, 0) is 16.0 Å². The minimum Gasteiger partial charge on any atom is -0.465 e. The lowest BCUT2D eigenvalue weighted by Gasteiger charge is -2.00. The Labute approximate surface area is 98.0 Å². The maximum absolute atomic E-state index is 11.4. The number of methoxy groups -OCH3 is 1. The highest BCUT2D eigenvalue weighted by Crippen LogP contribution is 2.27. The standard InChI is InChI=1S/C12H11NO4/c1-7(14)13-10-5-9(12(16)17-2)4-3-8(10)6-11(13)15/h3-5H,6H2,1-2H3/p+1. The van der Waals surface area contributed by atoms with Crippen molar-refractivity contribution in [1.82, 2.24) is 0 Å². The minimum absolute atomic E-state index is 0.0190. The summed E-state index contributed by atoms with van der Waals surface area (Å²) in [6, 6.07) is 4.87. The number of hydrogen-bond acceptors (Lipinski definition) is 3. The van der Waals surface area contributed by atoms with Crippen LogP contribution >= 0.6 is 0 Å². The number of amides is 1. The molecule has 1 aliphatic heterocycles. The van der Waals surface area contributed by atoms with E-state index < -0.39 is 5.97 Å². The van der Waals surface area contributed by atoms with Gasteiger partial charge in [-0.1, -0.05) is 10.6 Å². The number of benzene rings is 1. The van der Waals surface area contributed by atoms with Crippen molar-refractivity contribution >= 4 is 23.5 Å². The molecule has 2 rings (SSSR count). The number of carbonyl (C=O) groups is 2. The van der Waals surface area contributed by atoms with E-state index in [1.165, 1.54) is 18.6 Å². The van der Waals surface area contributed by atoms with Crippen molar-refractivity contribution in [3.63, 3.8) is 0 Å². The Balaban J connectivity index is 2.53. The molecular weight excluding hydrogens is 222 g/mol. The average Bonchev–Trinajstić information content (AvgIpc) is 2.62. The van der Waals surface area contributed by atoms with Crippen molar-refractivity contribution < 1.29 is 24.0 Å². The van der Waals surface area contributed by atoms with E-state index in [9.17, 15) is 14.7 Å². The molecule has 1 aromatic rings. The third-order valence-electron chi connectivity index (χ3n) is 2.67. The molecule has 1 amide bonds. The highest BCUT2D eigenvalue weighted by atomic mass is 16.5. The van der Waals surface area contributed by atoms with E-state index in [0.717, 1.165) is 5.56 Å². The highest BCUT2D eigenvalue weighted by Gasteiger charge is 2.34. The number of ether oxygens (including phenoxy) is 1. The van der Waals surface area contributed by atoms with Gasteiger partial charge < -0.3 is 9.84 Å². The lowest BCUT2D eigenvalue weighted by atomic mass is 10.1. The summed E-state index contributed by atoms with van der Waals surface area (Å²) in [6.07, 6.45) is 0.302. The zero-order valence-electron chi connectivity index (χ0n) is 9.56. The van der Waals surface area contributed by atoms with Gasteiger partial charge in [0.2, 0.25) is 5.69 Å². The Hall–Kier alpha value is -2.17. The molecule has 0 spiro atoms. The number of carbonyl (C=O) groups excluding carboxylic acids is 2. The van der Waals surface area contributed by atoms with Crippen molar-refractivity contribution in [2.75, 3.05) is 7.11 Å². The first-order valence-electron chi connectivity index (χ1n) is 5.11. The van der Waals surface area contributed by atoms with Gasteiger partial charge in [-0.05, 0) is 6.07 Å². The van der Waals surface area contributed by atoms with Crippen molar-refractivity contribution in [1.29, 1.82) is 0 Å². The summed E-state index contributed by atoms with van der Waals surface area (Å²) < 4.78 is 5.80. The molecule has 0 radical (unpaired) electrons. The van der Waals surface area contributed by atoms with Crippen LogP contribution in [0.3, 0.4) is 0 Å². The van der Waals surface area contributed by atoms with Crippen molar-refractivity contribution in [3.8, 4) is 0 Å². The lowest BCUT2D eigenvalue weighted by molar-refractivity contribution is -0.370. The number of rotatable bonds is 1. The van der Waals surface area contributed by atoms with Crippen LogP contribution in [0.4, 0.5) is 5.69 Å². The molecule has 0 saturated heterocycles. The Kier molecular flexibility index (Phi) is 2.67. The summed E-state index contributed by atoms with van der Waals surface area (Å²) in [4.78, 5) is 22.8. The number of fused-ring (bicyclic) bond motifs is 1. The van der Waals surface area contributed by atoms with E-state index in [-0.39, 0.29) is 11.8 Å². The van der Waals surface area contributed by atoms with Gasteiger partial charge in [0.1, 0.15) is 6.42 Å². The third kappa shape index (κ3) is 1.80. The molecule has 0 saturated carbocycles. The first-order valence-corrected chi connectivity index (χ1v) is 5.11. The SMILES string of the molecule is COC(=O)c1ccc2c(c1)[N+](C(C)=O)=C(O)C2. The number of nitrogens with zero attached hydrogens (tertiary/aromatic N) is 1. The lowest BCUT2D eigenvalue weighted by Crippen LogP contribution is -2.17. The zero-order valence-corrected chi connectivity index (χ0v) is 9.56. The van der Waals surface area contributed by atoms with Crippen molar-refractivity contribution in [2.24, 2.45) is 0 Å². The van der Waals surface area contributed by atoms with Crippen LogP contribution < -0.4 is 0 Å². The van der Waals surface area contributed by atoms with Gasteiger partial charge in [0, 0.05) is 11.6 Å². The van der Waals surface area contributed by atoms with Gasteiger partial charge in [0.25, 0.3) is 0 Å². The summed E-state index contributed by atoms with van der Waals surface area (Å²) in [7, 11) is 1.29. The minimum atomic E-state index is -0.470. The Bertz CT molecular complexity index is 545. The van der Waals surface area contributed by atoms with Gasteiger partial charge in [-0.25, -0.2) is 9.59 Å². The zero-order chi connectivity index (χ0) is 12.6. The van der Waals surface area contributed by atoms with Crippen LogP contribution in [0.1, 0.15) is 22.8 Å². The second-order valence-electron chi connectivity index (χ2n) is 3.78. The molecular formula is C12H12NO4+. The van der Waals surface area contributed by atoms with E-state index in [1.54, 1.807) is 18.2 Å². The molecule has 5 heteroatoms. The van der Waals surface area contributed by atoms with E-state index >= 15 is 0 Å². The summed E-state index contributed by atoms with van der Waals surface area (Å²) in [5.41, 5.74) is 1.70. The largest absolute Gasteiger partial charge is 0.465 e. The molecule has 1 aliphatic rings. The molecule has 88 valence electrons. The van der Waals surface area contributed by atoms with Gasteiger partial charge in [0.05, 0.1) is 19.6 Å². The van der Waals surface area contributed by atoms with Gasteiger partial charge >= 0.3 is 17.8 Å². The molecule has 0 bridgehead atoms. The van der Waals surface area contributed by atoms with E-state index in [2.05, 4.69) is 4.74 Å². The van der Waals surface area contributed by atoms with Crippen LogP contribution in [0.2, 0.25) is 0 Å². The van der Waals surface area contributed by atoms with Crippen LogP contribution in [-0.4, -0.2) is 34.6 Å². The van der Waals surface area contributed by atoms with Crippen molar-refractivity contribution in [2.45, 2.75) is 13.3 Å². The Morgan fingerprint density at radius 2 is 2.12 bits per heavy atom. The summed E-state index contributed by atoms with van der Waals surface area (Å²) in [5.74, 6) is -0.777. The number of aliphatic hydroxyl groups is 1. The first kappa shape index (κ1) is 11.3. The molecule has 0 aromatic heterocycles. The quantitative estimate of drug-likeness (QED) is 0.585. The molecule has 0 unspecified atom stereocenters. The van der Waals surface area contributed by atoms with E-state index in [0.29, 0.717) is 17.7 Å². The van der Waals surface area contributed by atoms with Crippen LogP contribution in [0.5, 0.6) is 0 Å². The van der Waals surface area contributed by atoms with Gasteiger partial charge in [-0.3, -0.25) is 0 Å². The van der Waals surface area contributed by atoms with Crippen LogP contribution in [0.25, 0.3) is 0 Å². The normalized spacial score (nSPS) is 13.5. The average molecular weight is 234 g/mol.